The van der Waals surface area contributed by atoms with Crippen molar-refractivity contribution in [3.05, 3.63) is 33.9 Å². The van der Waals surface area contributed by atoms with Crippen molar-refractivity contribution in [3.63, 3.8) is 0 Å². The lowest BCUT2D eigenvalue weighted by Gasteiger charge is -2.19. The first kappa shape index (κ1) is 18.4. The van der Waals surface area contributed by atoms with E-state index < -0.39 is 11.0 Å². The molecule has 1 aromatic carbocycles. The van der Waals surface area contributed by atoms with E-state index >= 15 is 0 Å². The van der Waals surface area contributed by atoms with E-state index in [1.165, 1.54) is 23.1 Å². The van der Waals surface area contributed by atoms with Gasteiger partial charge in [-0.3, -0.25) is 19.7 Å². The van der Waals surface area contributed by atoms with E-state index in [4.69, 9.17) is 0 Å². The van der Waals surface area contributed by atoms with Gasteiger partial charge in [-0.25, -0.2) is 0 Å². The highest BCUT2D eigenvalue weighted by Crippen LogP contribution is 2.26. The van der Waals surface area contributed by atoms with Crippen molar-refractivity contribution in [2.24, 2.45) is 0 Å². The number of nitro benzene ring substituents is 1. The molecule has 126 valence electrons. The second-order valence-electron chi connectivity index (χ2n) is 5.72. The molecule has 0 aliphatic rings. The van der Waals surface area contributed by atoms with Crippen LogP contribution in [0, 0.1) is 10.1 Å². The highest BCUT2D eigenvalue weighted by atomic mass is 16.6. The lowest BCUT2D eigenvalue weighted by Crippen LogP contribution is -2.36. The molecular weight excluding hydrogens is 300 g/mol. The maximum atomic E-state index is 11.9. The number of nitrogens with zero attached hydrogens (tertiary/aromatic N) is 2. The Bertz CT molecular complexity index is 613. The zero-order chi connectivity index (χ0) is 17.7. The van der Waals surface area contributed by atoms with E-state index in [-0.39, 0.29) is 34.8 Å². The SMILES string of the molecule is CC(C)NC(=O)c1ccc(N[C@@H](C)C(=O)N(C)C)c([N+](=O)[O-])c1. The molecule has 1 aromatic rings. The fraction of sp³-hybridized carbons (Fsp3) is 0.467. The molecule has 0 saturated carbocycles. The number of carbonyl (C=O) groups is 2. The molecule has 0 radical (unpaired) electrons. The molecule has 1 atom stereocenters. The molecule has 0 aliphatic carbocycles. The van der Waals surface area contributed by atoms with E-state index in [9.17, 15) is 19.7 Å². The van der Waals surface area contributed by atoms with Gasteiger partial charge in [0.1, 0.15) is 11.7 Å². The molecule has 8 heteroatoms. The monoisotopic (exact) mass is 322 g/mol. The largest absolute Gasteiger partial charge is 0.368 e. The van der Waals surface area contributed by atoms with E-state index in [1.54, 1.807) is 34.9 Å². The first-order valence-corrected chi connectivity index (χ1v) is 7.20. The number of anilines is 1. The van der Waals surface area contributed by atoms with Crippen LogP contribution in [0.3, 0.4) is 0 Å². The summed E-state index contributed by atoms with van der Waals surface area (Å²) in [6.45, 7) is 5.22. The van der Waals surface area contributed by atoms with Crippen LogP contribution in [-0.2, 0) is 4.79 Å². The third kappa shape index (κ3) is 4.94. The molecule has 2 N–H and O–H groups in total. The van der Waals surface area contributed by atoms with Crippen molar-refractivity contribution >= 4 is 23.2 Å². The average molecular weight is 322 g/mol. The van der Waals surface area contributed by atoms with Gasteiger partial charge in [-0.05, 0) is 32.9 Å². The summed E-state index contributed by atoms with van der Waals surface area (Å²) in [5.74, 6) is -0.590. The molecule has 0 unspecified atom stereocenters. The zero-order valence-corrected chi connectivity index (χ0v) is 13.9. The van der Waals surface area contributed by atoms with Crippen LogP contribution in [0.4, 0.5) is 11.4 Å². The quantitative estimate of drug-likeness (QED) is 0.612. The number of nitro groups is 1. The van der Waals surface area contributed by atoms with Gasteiger partial charge in [0.05, 0.1) is 4.92 Å². The summed E-state index contributed by atoms with van der Waals surface area (Å²) in [7, 11) is 3.21. The summed E-state index contributed by atoms with van der Waals surface area (Å²) in [5, 5.41) is 16.7. The van der Waals surface area contributed by atoms with Crippen molar-refractivity contribution in [1.82, 2.24) is 10.2 Å². The van der Waals surface area contributed by atoms with Gasteiger partial charge < -0.3 is 15.5 Å². The van der Waals surface area contributed by atoms with Crippen LogP contribution in [0.5, 0.6) is 0 Å². The Morgan fingerprint density at radius 2 is 1.83 bits per heavy atom. The molecule has 0 aliphatic heterocycles. The van der Waals surface area contributed by atoms with Crippen LogP contribution in [0.2, 0.25) is 0 Å². The standard InChI is InChI=1S/C15H22N4O4/c1-9(2)16-14(20)11-6-7-12(13(8-11)19(22)23)17-10(3)15(21)18(4)5/h6-10,17H,1-5H3,(H,16,20)/t10-/m0/s1. The molecule has 0 spiro atoms. The number of amides is 2. The molecule has 2 amide bonds. The number of hydrogen-bond donors (Lipinski definition) is 2. The van der Waals surface area contributed by atoms with Gasteiger partial charge >= 0.3 is 0 Å². The van der Waals surface area contributed by atoms with Crippen LogP contribution in [0.15, 0.2) is 18.2 Å². The predicted octanol–water partition coefficient (Wildman–Crippen LogP) is 1.62. The number of hydrogen-bond acceptors (Lipinski definition) is 5. The fourth-order valence-corrected chi connectivity index (χ4v) is 1.97. The van der Waals surface area contributed by atoms with Gasteiger partial charge in [0, 0.05) is 31.8 Å². The number of carbonyl (C=O) groups excluding carboxylic acids is 2. The molecule has 0 aromatic heterocycles. The van der Waals surface area contributed by atoms with E-state index in [0.29, 0.717) is 0 Å². The third-order valence-electron chi connectivity index (χ3n) is 3.06. The minimum atomic E-state index is -0.626. The highest BCUT2D eigenvalue weighted by molar-refractivity contribution is 5.96. The van der Waals surface area contributed by atoms with Gasteiger partial charge in [-0.1, -0.05) is 0 Å². The molecule has 0 saturated heterocycles. The normalized spacial score (nSPS) is 11.7. The maximum absolute atomic E-state index is 11.9. The zero-order valence-electron chi connectivity index (χ0n) is 13.9. The van der Waals surface area contributed by atoms with Crippen LogP contribution in [0.25, 0.3) is 0 Å². The highest BCUT2D eigenvalue weighted by Gasteiger charge is 2.22. The Hall–Kier alpha value is -2.64. The predicted molar refractivity (Wildman–Crippen MR) is 87.5 cm³/mol. The van der Waals surface area contributed by atoms with E-state index in [1.807, 2.05) is 0 Å². The molecule has 1 rings (SSSR count). The smallest absolute Gasteiger partial charge is 0.293 e. The Kier molecular flexibility index (Phi) is 6.06. The number of nitrogens with one attached hydrogen (secondary N) is 2. The van der Waals surface area contributed by atoms with Crippen molar-refractivity contribution in [1.29, 1.82) is 0 Å². The van der Waals surface area contributed by atoms with Gasteiger partial charge in [0.25, 0.3) is 11.6 Å². The first-order chi connectivity index (χ1) is 10.6. The number of benzene rings is 1. The van der Waals surface area contributed by atoms with Gasteiger partial charge in [-0.15, -0.1) is 0 Å². The topological polar surface area (TPSA) is 105 Å². The second-order valence-corrected chi connectivity index (χ2v) is 5.72. The second kappa shape index (κ2) is 7.57. The molecule has 0 heterocycles. The lowest BCUT2D eigenvalue weighted by atomic mass is 10.1. The van der Waals surface area contributed by atoms with Crippen molar-refractivity contribution in [2.45, 2.75) is 32.9 Å². The molecule has 23 heavy (non-hydrogen) atoms. The summed E-state index contributed by atoms with van der Waals surface area (Å²) < 4.78 is 0. The number of rotatable bonds is 6. The Morgan fingerprint density at radius 1 is 1.22 bits per heavy atom. The van der Waals surface area contributed by atoms with Crippen LogP contribution in [-0.4, -0.2) is 47.8 Å². The van der Waals surface area contributed by atoms with Crippen LogP contribution >= 0.6 is 0 Å². The maximum Gasteiger partial charge on any atom is 0.293 e. The minimum absolute atomic E-state index is 0.0721. The molecule has 8 nitrogen and oxygen atoms in total. The first-order valence-electron chi connectivity index (χ1n) is 7.20. The summed E-state index contributed by atoms with van der Waals surface area (Å²) in [6, 6.07) is 3.43. The van der Waals surface area contributed by atoms with Crippen molar-refractivity contribution < 1.29 is 14.5 Å². The molecule has 0 bridgehead atoms. The van der Waals surface area contributed by atoms with Crippen molar-refractivity contribution in [2.75, 3.05) is 19.4 Å². The fourth-order valence-electron chi connectivity index (χ4n) is 1.97. The van der Waals surface area contributed by atoms with Crippen LogP contribution < -0.4 is 10.6 Å². The molecule has 0 fully saturated rings. The molecular formula is C15H22N4O4. The average Bonchev–Trinajstić information content (AvgIpc) is 2.45. The Labute approximate surface area is 135 Å². The summed E-state index contributed by atoms with van der Waals surface area (Å²) in [5.41, 5.74) is 0.140. The van der Waals surface area contributed by atoms with Gasteiger partial charge in [0.15, 0.2) is 0 Å². The lowest BCUT2D eigenvalue weighted by molar-refractivity contribution is -0.384. The van der Waals surface area contributed by atoms with Gasteiger partial charge in [0.2, 0.25) is 5.91 Å². The van der Waals surface area contributed by atoms with E-state index in [0.717, 1.165) is 0 Å². The minimum Gasteiger partial charge on any atom is -0.368 e. The Morgan fingerprint density at radius 3 is 2.30 bits per heavy atom. The van der Waals surface area contributed by atoms with Crippen LogP contribution in [0.1, 0.15) is 31.1 Å². The number of likely N-dealkylation sites (N-methyl/N-ethyl adjacent to an activating group) is 1. The summed E-state index contributed by atoms with van der Waals surface area (Å²) in [4.78, 5) is 35.9. The van der Waals surface area contributed by atoms with Gasteiger partial charge in [-0.2, -0.15) is 0 Å². The third-order valence-corrected chi connectivity index (χ3v) is 3.06. The van der Waals surface area contributed by atoms with Crippen molar-refractivity contribution in [3.8, 4) is 0 Å². The summed E-state index contributed by atoms with van der Waals surface area (Å²) >= 11 is 0. The van der Waals surface area contributed by atoms with E-state index in [2.05, 4.69) is 10.6 Å². The Balaban J connectivity index is 3.08. The summed E-state index contributed by atoms with van der Waals surface area (Å²) in [6.07, 6.45) is 0.